The summed E-state index contributed by atoms with van der Waals surface area (Å²) in [7, 11) is 0. The number of amides is 1. The van der Waals surface area contributed by atoms with Crippen molar-refractivity contribution in [2.45, 2.75) is 6.92 Å². The molecule has 0 radical (unpaired) electrons. The number of nitrogens with zero attached hydrogens (tertiary/aromatic N) is 6. The quantitative estimate of drug-likeness (QED) is 0.368. The maximum absolute atomic E-state index is 12.8. The first-order valence-electron chi connectivity index (χ1n) is 8.23. The number of nitrogen functional groups attached to an aromatic ring is 1. The highest BCUT2D eigenvalue weighted by atomic mass is 35.5. The van der Waals surface area contributed by atoms with Crippen LogP contribution in [0.15, 0.2) is 51.5 Å². The van der Waals surface area contributed by atoms with E-state index in [1.54, 1.807) is 31.2 Å². The number of halogens is 1. The van der Waals surface area contributed by atoms with E-state index in [-0.39, 0.29) is 17.3 Å². The number of thiophene rings is 1. The van der Waals surface area contributed by atoms with E-state index in [2.05, 4.69) is 35.8 Å². The van der Waals surface area contributed by atoms with E-state index in [1.807, 2.05) is 17.5 Å². The second-order valence-corrected chi connectivity index (χ2v) is 7.18. The molecule has 0 spiro atoms. The van der Waals surface area contributed by atoms with Crippen LogP contribution < -0.4 is 11.2 Å². The van der Waals surface area contributed by atoms with E-state index in [4.69, 9.17) is 17.3 Å². The molecule has 29 heavy (non-hydrogen) atoms. The molecule has 3 N–H and O–H groups in total. The molecule has 0 bridgehead atoms. The van der Waals surface area contributed by atoms with Crippen molar-refractivity contribution in [1.29, 1.82) is 0 Å². The van der Waals surface area contributed by atoms with Gasteiger partial charge in [-0.1, -0.05) is 35.0 Å². The predicted octanol–water partition coefficient (Wildman–Crippen LogP) is 2.77. The fourth-order valence-electron chi connectivity index (χ4n) is 2.50. The van der Waals surface area contributed by atoms with Crippen LogP contribution in [0.4, 0.5) is 5.82 Å². The zero-order valence-corrected chi connectivity index (χ0v) is 16.5. The third-order valence-electron chi connectivity index (χ3n) is 3.92. The lowest BCUT2D eigenvalue weighted by Crippen LogP contribution is -2.20. The summed E-state index contributed by atoms with van der Waals surface area (Å²) in [5.41, 5.74) is 10.2. The zero-order chi connectivity index (χ0) is 20.4. The third-order valence-corrected chi connectivity index (χ3v) is 5.05. The Morgan fingerprint density at radius 3 is 2.72 bits per heavy atom. The summed E-state index contributed by atoms with van der Waals surface area (Å²) in [4.78, 5) is 13.5. The molecule has 3 heterocycles. The van der Waals surface area contributed by atoms with Crippen molar-refractivity contribution < 1.29 is 9.42 Å². The Labute approximate surface area is 172 Å². The fourth-order valence-corrected chi connectivity index (χ4v) is 3.38. The minimum atomic E-state index is -0.539. The van der Waals surface area contributed by atoms with Crippen molar-refractivity contribution >= 4 is 40.4 Å². The van der Waals surface area contributed by atoms with Crippen LogP contribution >= 0.6 is 22.9 Å². The smallest absolute Gasteiger partial charge is 0.294 e. The second kappa shape index (κ2) is 7.81. The molecule has 4 rings (SSSR count). The maximum Gasteiger partial charge on any atom is 0.294 e. The minimum absolute atomic E-state index is 0.0243. The zero-order valence-electron chi connectivity index (χ0n) is 14.9. The van der Waals surface area contributed by atoms with Gasteiger partial charge in [0, 0.05) is 5.02 Å². The Morgan fingerprint density at radius 2 is 2.07 bits per heavy atom. The number of benzene rings is 1. The monoisotopic (exact) mass is 428 g/mol. The molecule has 0 aliphatic heterocycles. The highest BCUT2D eigenvalue weighted by Crippen LogP contribution is 2.29. The fraction of sp³-hybridized carbons (Fsp3) is 0.0588. The first-order chi connectivity index (χ1) is 14.0. The predicted molar refractivity (Wildman–Crippen MR) is 108 cm³/mol. The van der Waals surface area contributed by atoms with Gasteiger partial charge >= 0.3 is 0 Å². The molecule has 0 aliphatic rings. The Balaban J connectivity index is 1.67. The molecule has 146 valence electrons. The molecule has 1 aromatic carbocycles. The van der Waals surface area contributed by atoms with Crippen LogP contribution in [0.1, 0.15) is 23.0 Å². The van der Waals surface area contributed by atoms with Crippen LogP contribution in [0.3, 0.4) is 0 Å². The summed E-state index contributed by atoms with van der Waals surface area (Å²) in [6.45, 7) is 1.77. The van der Waals surface area contributed by atoms with Crippen LogP contribution in [-0.4, -0.2) is 36.9 Å². The first-order valence-corrected chi connectivity index (χ1v) is 9.49. The number of nitrogens with two attached hydrogens (primary N) is 1. The van der Waals surface area contributed by atoms with E-state index in [0.717, 1.165) is 10.4 Å². The average molecular weight is 429 g/mol. The van der Waals surface area contributed by atoms with Gasteiger partial charge in [-0.2, -0.15) is 9.78 Å². The summed E-state index contributed by atoms with van der Waals surface area (Å²) in [5.74, 6) is -0.375. The molecule has 0 atom stereocenters. The van der Waals surface area contributed by atoms with Crippen LogP contribution in [-0.2, 0) is 0 Å². The van der Waals surface area contributed by atoms with E-state index >= 15 is 0 Å². The highest BCUT2D eigenvalue weighted by Gasteiger charge is 2.25. The Hall–Kier alpha value is -3.57. The molecule has 0 saturated heterocycles. The number of anilines is 1. The number of hydrogen-bond donors (Lipinski definition) is 2. The average Bonchev–Trinajstić information content (AvgIpc) is 3.46. The molecule has 10 nitrogen and oxygen atoms in total. The summed E-state index contributed by atoms with van der Waals surface area (Å²) in [6.07, 6.45) is 0. The van der Waals surface area contributed by atoms with Crippen molar-refractivity contribution in [3.8, 4) is 16.4 Å². The van der Waals surface area contributed by atoms with Crippen LogP contribution in [0.5, 0.6) is 0 Å². The Kier molecular flexibility index (Phi) is 5.06. The second-order valence-electron chi connectivity index (χ2n) is 5.79. The number of nitrogens with one attached hydrogen (secondary N) is 1. The van der Waals surface area contributed by atoms with Crippen molar-refractivity contribution in [3.05, 3.63) is 58.1 Å². The lowest BCUT2D eigenvalue weighted by molar-refractivity contribution is 0.0950. The van der Waals surface area contributed by atoms with Gasteiger partial charge in [0.05, 0.1) is 10.6 Å². The van der Waals surface area contributed by atoms with Gasteiger partial charge in [0.25, 0.3) is 5.91 Å². The van der Waals surface area contributed by atoms with Gasteiger partial charge in [-0.15, -0.1) is 16.4 Å². The molecule has 3 aromatic heterocycles. The lowest BCUT2D eigenvalue weighted by Gasteiger charge is -2.04. The van der Waals surface area contributed by atoms with Gasteiger partial charge in [-0.05, 0) is 46.4 Å². The van der Waals surface area contributed by atoms with Crippen LogP contribution in [0.2, 0.25) is 5.02 Å². The number of aromatic nitrogens is 5. The summed E-state index contributed by atoms with van der Waals surface area (Å²) in [6, 6.07) is 10.8. The molecular formula is C17H13ClN8O2S. The summed E-state index contributed by atoms with van der Waals surface area (Å²) in [5, 5.41) is 21.9. The summed E-state index contributed by atoms with van der Waals surface area (Å²) < 4.78 is 5.94. The van der Waals surface area contributed by atoms with E-state index in [9.17, 15) is 4.79 Å². The topological polar surface area (TPSA) is 137 Å². The SMILES string of the molecule is CC(=NNC(=O)c1nnn(-c2nonc2N)c1-c1cccs1)c1ccc(Cl)cc1. The number of carbonyl (C=O) groups is 1. The number of hydrazone groups is 1. The van der Waals surface area contributed by atoms with Gasteiger partial charge in [-0.3, -0.25) is 4.79 Å². The van der Waals surface area contributed by atoms with Gasteiger partial charge in [-0.25, -0.2) is 10.1 Å². The van der Waals surface area contributed by atoms with Gasteiger partial charge in [0.2, 0.25) is 11.6 Å². The van der Waals surface area contributed by atoms with Gasteiger partial charge < -0.3 is 5.73 Å². The van der Waals surface area contributed by atoms with E-state index in [0.29, 0.717) is 16.4 Å². The Bertz CT molecular complexity index is 1180. The molecule has 0 fully saturated rings. The van der Waals surface area contributed by atoms with Crippen molar-refractivity contribution in [2.24, 2.45) is 5.10 Å². The van der Waals surface area contributed by atoms with E-state index in [1.165, 1.54) is 16.0 Å². The largest absolute Gasteiger partial charge is 0.378 e. The number of carbonyl (C=O) groups excluding carboxylic acids is 1. The summed E-state index contributed by atoms with van der Waals surface area (Å²) >= 11 is 7.30. The molecule has 0 saturated carbocycles. The lowest BCUT2D eigenvalue weighted by atomic mass is 10.1. The van der Waals surface area contributed by atoms with Crippen LogP contribution in [0.25, 0.3) is 16.4 Å². The molecule has 1 amide bonds. The van der Waals surface area contributed by atoms with Crippen molar-refractivity contribution in [3.63, 3.8) is 0 Å². The normalized spacial score (nSPS) is 11.6. The maximum atomic E-state index is 12.8. The van der Waals surface area contributed by atoms with Crippen LogP contribution in [0, 0.1) is 0 Å². The van der Waals surface area contributed by atoms with Gasteiger partial charge in [0.15, 0.2) is 5.69 Å². The van der Waals surface area contributed by atoms with Gasteiger partial charge in [0.1, 0.15) is 5.69 Å². The molecule has 12 heteroatoms. The van der Waals surface area contributed by atoms with Crippen molar-refractivity contribution in [2.75, 3.05) is 5.73 Å². The number of rotatable bonds is 5. The standard InChI is InChI=1S/C17H13ClN8O2S/c1-9(10-4-6-11(18)7-5-10)20-22-17(27)13-14(12-3-2-8-29-12)26(25-21-13)16-15(19)23-28-24-16/h2-8H,1H3,(H2,19,23)(H,22,27). The van der Waals surface area contributed by atoms with Crippen molar-refractivity contribution in [1.82, 2.24) is 30.7 Å². The molecule has 0 unspecified atom stereocenters. The number of hydrogen-bond acceptors (Lipinski definition) is 9. The molecule has 0 aliphatic carbocycles. The first kappa shape index (κ1) is 18.8. The highest BCUT2D eigenvalue weighted by molar-refractivity contribution is 7.13. The third kappa shape index (κ3) is 3.73. The molecular weight excluding hydrogens is 416 g/mol. The minimum Gasteiger partial charge on any atom is -0.378 e. The van der Waals surface area contributed by atoms with E-state index < -0.39 is 5.91 Å². The molecule has 4 aromatic rings. The Morgan fingerprint density at radius 1 is 1.28 bits per heavy atom.